The molecule has 4 heteroatoms. The van der Waals surface area contributed by atoms with Crippen LogP contribution in [-0.2, 0) is 13.1 Å². The molecule has 0 bridgehead atoms. The first kappa shape index (κ1) is 13.9. The van der Waals surface area contributed by atoms with Crippen LogP contribution < -0.4 is 10.2 Å². The maximum atomic E-state index is 4.82. The zero-order valence-corrected chi connectivity index (χ0v) is 13.1. The molecule has 21 heavy (non-hydrogen) atoms. The normalized spacial score (nSPS) is 13.7. The van der Waals surface area contributed by atoms with Crippen molar-refractivity contribution in [3.05, 3.63) is 46.8 Å². The Bertz CT molecular complexity index is 639. The van der Waals surface area contributed by atoms with Crippen LogP contribution in [-0.4, -0.2) is 17.0 Å². The van der Waals surface area contributed by atoms with Gasteiger partial charge in [-0.3, -0.25) is 0 Å². The lowest BCUT2D eigenvalue weighted by molar-refractivity contribution is 0.753. The third kappa shape index (κ3) is 2.46. The number of benzene rings is 1. The molecule has 0 radical (unpaired) electrons. The lowest BCUT2D eigenvalue weighted by Crippen LogP contribution is -2.20. The molecule has 2 aromatic rings. The summed E-state index contributed by atoms with van der Waals surface area (Å²) >= 11 is 0. The molecule has 0 amide bonds. The zero-order valence-electron chi connectivity index (χ0n) is 13.1. The molecule has 0 atom stereocenters. The predicted molar refractivity (Wildman–Crippen MR) is 86.7 cm³/mol. The van der Waals surface area contributed by atoms with Crippen LogP contribution in [0, 0.1) is 6.92 Å². The molecular formula is C17H22N4. The van der Waals surface area contributed by atoms with Gasteiger partial charge in [-0.05, 0) is 18.1 Å². The van der Waals surface area contributed by atoms with Gasteiger partial charge in [-0.25, -0.2) is 9.97 Å². The van der Waals surface area contributed by atoms with E-state index in [1.807, 2.05) is 7.05 Å². The fourth-order valence-electron chi connectivity index (χ4n) is 2.81. The van der Waals surface area contributed by atoms with Gasteiger partial charge in [0, 0.05) is 31.6 Å². The Kier molecular flexibility index (Phi) is 3.53. The van der Waals surface area contributed by atoms with Gasteiger partial charge in [0.15, 0.2) is 0 Å². The second-order valence-corrected chi connectivity index (χ2v) is 5.91. The van der Waals surface area contributed by atoms with Gasteiger partial charge >= 0.3 is 0 Å². The van der Waals surface area contributed by atoms with E-state index in [4.69, 9.17) is 4.98 Å². The van der Waals surface area contributed by atoms with Crippen molar-refractivity contribution in [2.24, 2.45) is 0 Å². The number of hydrogen-bond acceptors (Lipinski definition) is 4. The number of nitrogens with zero attached hydrogens (tertiary/aromatic N) is 3. The standard InChI is InChI=1S/C17H22N4/c1-11(2)15-19-16(18-4)12(3)17(20-15)21-9-13-7-5-6-8-14(13)10-21/h5-8,11H,9-10H2,1-4H3,(H,18,19,20). The van der Waals surface area contributed by atoms with Gasteiger partial charge in [0.05, 0.1) is 0 Å². The Hall–Kier alpha value is -2.10. The second kappa shape index (κ2) is 5.35. The number of nitrogens with one attached hydrogen (secondary N) is 1. The molecule has 3 rings (SSSR count). The summed E-state index contributed by atoms with van der Waals surface area (Å²) < 4.78 is 0. The minimum Gasteiger partial charge on any atom is -0.373 e. The minimum atomic E-state index is 0.321. The zero-order chi connectivity index (χ0) is 15.0. The van der Waals surface area contributed by atoms with Crippen LogP contribution >= 0.6 is 0 Å². The van der Waals surface area contributed by atoms with E-state index in [0.717, 1.165) is 36.1 Å². The Balaban J connectivity index is 2.01. The van der Waals surface area contributed by atoms with E-state index in [2.05, 4.69) is 60.2 Å². The number of anilines is 2. The Labute approximate surface area is 126 Å². The first-order chi connectivity index (χ1) is 10.1. The number of hydrogen-bond donors (Lipinski definition) is 1. The number of rotatable bonds is 3. The van der Waals surface area contributed by atoms with Gasteiger partial charge in [0.1, 0.15) is 17.5 Å². The lowest BCUT2D eigenvalue weighted by Gasteiger charge is -2.22. The van der Waals surface area contributed by atoms with Crippen molar-refractivity contribution in [2.75, 3.05) is 17.3 Å². The molecule has 1 aromatic carbocycles. The summed E-state index contributed by atoms with van der Waals surface area (Å²) in [7, 11) is 1.92. The monoisotopic (exact) mass is 282 g/mol. The first-order valence-electron chi connectivity index (χ1n) is 7.48. The maximum absolute atomic E-state index is 4.82. The fourth-order valence-corrected chi connectivity index (χ4v) is 2.81. The van der Waals surface area contributed by atoms with Crippen molar-refractivity contribution < 1.29 is 0 Å². The molecule has 4 nitrogen and oxygen atoms in total. The Morgan fingerprint density at radius 1 is 1.10 bits per heavy atom. The molecule has 1 aromatic heterocycles. The molecule has 2 heterocycles. The molecule has 0 fully saturated rings. The predicted octanol–water partition coefficient (Wildman–Crippen LogP) is 3.47. The highest BCUT2D eigenvalue weighted by atomic mass is 15.2. The van der Waals surface area contributed by atoms with E-state index < -0.39 is 0 Å². The number of fused-ring (bicyclic) bond motifs is 1. The van der Waals surface area contributed by atoms with Crippen molar-refractivity contribution in [3.8, 4) is 0 Å². The van der Waals surface area contributed by atoms with Crippen LogP contribution in [0.4, 0.5) is 11.6 Å². The second-order valence-electron chi connectivity index (χ2n) is 5.91. The van der Waals surface area contributed by atoms with Gasteiger partial charge in [-0.2, -0.15) is 0 Å². The van der Waals surface area contributed by atoms with Gasteiger partial charge in [0.2, 0.25) is 0 Å². The van der Waals surface area contributed by atoms with E-state index in [0.29, 0.717) is 5.92 Å². The van der Waals surface area contributed by atoms with Crippen molar-refractivity contribution in [3.63, 3.8) is 0 Å². The maximum Gasteiger partial charge on any atom is 0.137 e. The molecule has 110 valence electrons. The molecule has 1 aliphatic heterocycles. The van der Waals surface area contributed by atoms with Gasteiger partial charge in [-0.15, -0.1) is 0 Å². The van der Waals surface area contributed by atoms with Gasteiger partial charge < -0.3 is 10.2 Å². The quantitative estimate of drug-likeness (QED) is 0.936. The molecule has 1 N–H and O–H groups in total. The molecule has 0 spiro atoms. The average Bonchev–Trinajstić information content (AvgIpc) is 2.90. The van der Waals surface area contributed by atoms with Crippen LogP contribution in [0.5, 0.6) is 0 Å². The smallest absolute Gasteiger partial charge is 0.137 e. The van der Waals surface area contributed by atoms with Gasteiger partial charge in [-0.1, -0.05) is 38.1 Å². The van der Waals surface area contributed by atoms with Crippen LogP contribution in [0.25, 0.3) is 0 Å². The number of aromatic nitrogens is 2. The highest BCUT2D eigenvalue weighted by Crippen LogP contribution is 2.32. The SMILES string of the molecule is CNc1nc(C(C)C)nc(N2Cc3ccccc3C2)c1C. The average molecular weight is 282 g/mol. The third-order valence-corrected chi connectivity index (χ3v) is 4.03. The molecular weight excluding hydrogens is 260 g/mol. The van der Waals surface area contributed by atoms with E-state index in [1.165, 1.54) is 11.1 Å². The van der Waals surface area contributed by atoms with Gasteiger partial charge in [0.25, 0.3) is 0 Å². The van der Waals surface area contributed by atoms with Crippen molar-refractivity contribution in [1.82, 2.24) is 9.97 Å². The van der Waals surface area contributed by atoms with E-state index >= 15 is 0 Å². The van der Waals surface area contributed by atoms with E-state index in [9.17, 15) is 0 Å². The van der Waals surface area contributed by atoms with Crippen molar-refractivity contribution in [2.45, 2.75) is 39.8 Å². The highest BCUT2D eigenvalue weighted by molar-refractivity contribution is 5.60. The van der Waals surface area contributed by atoms with Crippen molar-refractivity contribution in [1.29, 1.82) is 0 Å². The summed E-state index contributed by atoms with van der Waals surface area (Å²) in [6.45, 7) is 8.21. The summed E-state index contributed by atoms with van der Waals surface area (Å²) in [5, 5.41) is 3.20. The molecule has 0 aliphatic carbocycles. The van der Waals surface area contributed by atoms with Crippen LogP contribution in [0.2, 0.25) is 0 Å². The highest BCUT2D eigenvalue weighted by Gasteiger charge is 2.23. The van der Waals surface area contributed by atoms with E-state index in [1.54, 1.807) is 0 Å². The molecule has 0 saturated carbocycles. The third-order valence-electron chi connectivity index (χ3n) is 4.03. The Morgan fingerprint density at radius 2 is 1.71 bits per heavy atom. The largest absolute Gasteiger partial charge is 0.373 e. The first-order valence-corrected chi connectivity index (χ1v) is 7.48. The van der Waals surface area contributed by atoms with Crippen LogP contribution in [0.15, 0.2) is 24.3 Å². The summed E-state index contributed by atoms with van der Waals surface area (Å²) in [6, 6.07) is 8.61. The van der Waals surface area contributed by atoms with Crippen molar-refractivity contribution >= 4 is 11.6 Å². The fraction of sp³-hybridized carbons (Fsp3) is 0.412. The van der Waals surface area contributed by atoms with E-state index in [-0.39, 0.29) is 0 Å². The molecule has 0 saturated heterocycles. The van der Waals surface area contributed by atoms with Crippen LogP contribution in [0.1, 0.15) is 42.3 Å². The summed E-state index contributed by atoms with van der Waals surface area (Å²) in [6.07, 6.45) is 0. The summed E-state index contributed by atoms with van der Waals surface area (Å²) in [5.74, 6) is 3.20. The lowest BCUT2D eigenvalue weighted by atomic mass is 10.1. The topological polar surface area (TPSA) is 41.1 Å². The molecule has 0 unspecified atom stereocenters. The Morgan fingerprint density at radius 3 is 2.24 bits per heavy atom. The molecule has 1 aliphatic rings. The minimum absolute atomic E-state index is 0.321. The van der Waals surface area contributed by atoms with Crippen LogP contribution in [0.3, 0.4) is 0 Å². The summed E-state index contributed by atoms with van der Waals surface area (Å²) in [5.41, 5.74) is 3.91. The summed E-state index contributed by atoms with van der Waals surface area (Å²) in [4.78, 5) is 11.8.